The molecule has 1 aromatic carbocycles. The molecule has 19 heavy (non-hydrogen) atoms. The zero-order valence-corrected chi connectivity index (χ0v) is 11.9. The zero-order chi connectivity index (χ0) is 13.7. The van der Waals surface area contributed by atoms with Crippen molar-refractivity contribution in [3.05, 3.63) is 29.8 Å². The van der Waals surface area contributed by atoms with Gasteiger partial charge >= 0.3 is 0 Å². The minimum atomic E-state index is -0.718. The maximum Gasteiger partial charge on any atom is 0.125 e. The third-order valence-electron chi connectivity index (χ3n) is 4.10. The summed E-state index contributed by atoms with van der Waals surface area (Å²) in [6.07, 6.45) is 3.90. The molecule has 2 atom stereocenters. The van der Waals surface area contributed by atoms with Gasteiger partial charge in [-0.15, -0.1) is 0 Å². The second-order valence-electron chi connectivity index (χ2n) is 5.39. The Hall–Kier alpha value is -1.06. The molecule has 1 N–H and O–H groups in total. The van der Waals surface area contributed by atoms with E-state index in [0.29, 0.717) is 19.1 Å². The monoisotopic (exact) mass is 264 g/mol. The topological polar surface area (TPSA) is 38.7 Å². The Balaban J connectivity index is 2.15. The van der Waals surface area contributed by atoms with E-state index < -0.39 is 5.60 Å². The molecule has 2 rings (SSSR count). The molecule has 2 unspecified atom stereocenters. The lowest BCUT2D eigenvalue weighted by Gasteiger charge is -2.26. The number of methoxy groups -OCH3 is 1. The minimum absolute atomic E-state index is 0.515. The average Bonchev–Trinajstić information content (AvgIpc) is 2.83. The molecule has 0 aromatic heterocycles. The first-order valence-electron chi connectivity index (χ1n) is 7.13. The van der Waals surface area contributed by atoms with Crippen molar-refractivity contribution in [2.24, 2.45) is 5.92 Å². The number of ether oxygens (including phenoxy) is 2. The van der Waals surface area contributed by atoms with E-state index >= 15 is 0 Å². The van der Waals surface area contributed by atoms with E-state index in [1.807, 2.05) is 24.3 Å². The van der Waals surface area contributed by atoms with Gasteiger partial charge in [0.1, 0.15) is 12.4 Å². The standard InChI is InChI=1S/C16H24O3/c1-3-13-8-9-16(17,12-13)14-6-4-5-7-15(14)19-11-10-18-2/h4-7,13,17H,3,8-12H2,1-2H3. The largest absolute Gasteiger partial charge is 0.491 e. The van der Waals surface area contributed by atoms with Crippen LogP contribution < -0.4 is 4.74 Å². The van der Waals surface area contributed by atoms with Gasteiger partial charge in [-0.3, -0.25) is 0 Å². The van der Waals surface area contributed by atoms with Gasteiger partial charge in [-0.1, -0.05) is 31.5 Å². The van der Waals surface area contributed by atoms with Gasteiger partial charge in [0.15, 0.2) is 0 Å². The number of hydrogen-bond acceptors (Lipinski definition) is 3. The predicted molar refractivity (Wildman–Crippen MR) is 75.3 cm³/mol. The molecule has 0 bridgehead atoms. The molecule has 0 aliphatic heterocycles. The first kappa shape index (κ1) is 14.4. The molecule has 3 nitrogen and oxygen atoms in total. The summed E-state index contributed by atoms with van der Waals surface area (Å²) in [6, 6.07) is 7.83. The second kappa shape index (κ2) is 6.40. The first-order valence-corrected chi connectivity index (χ1v) is 7.13. The molecule has 1 aliphatic rings. The Morgan fingerprint density at radius 3 is 2.79 bits per heavy atom. The summed E-state index contributed by atoms with van der Waals surface area (Å²) in [5.41, 5.74) is 0.215. The van der Waals surface area contributed by atoms with Gasteiger partial charge in [-0.05, 0) is 31.2 Å². The fraction of sp³-hybridized carbons (Fsp3) is 0.625. The highest BCUT2D eigenvalue weighted by Gasteiger charge is 2.39. The van der Waals surface area contributed by atoms with Gasteiger partial charge in [-0.2, -0.15) is 0 Å². The Kier molecular flexibility index (Phi) is 4.83. The molecule has 3 heteroatoms. The summed E-state index contributed by atoms with van der Waals surface area (Å²) in [7, 11) is 1.66. The Labute approximate surface area is 115 Å². The average molecular weight is 264 g/mol. The third kappa shape index (κ3) is 3.28. The summed E-state index contributed by atoms with van der Waals surface area (Å²) in [5.74, 6) is 1.41. The van der Waals surface area contributed by atoms with Gasteiger partial charge < -0.3 is 14.6 Å². The van der Waals surface area contributed by atoms with Crippen LogP contribution in [0, 0.1) is 5.92 Å². The van der Waals surface area contributed by atoms with Gasteiger partial charge in [0, 0.05) is 12.7 Å². The maximum absolute atomic E-state index is 10.9. The van der Waals surface area contributed by atoms with Crippen LogP contribution in [0.3, 0.4) is 0 Å². The predicted octanol–water partition coefficient (Wildman–Crippen LogP) is 3.11. The van der Waals surface area contributed by atoms with Crippen molar-refractivity contribution >= 4 is 0 Å². The summed E-state index contributed by atoms with van der Waals surface area (Å²) in [5, 5.41) is 10.9. The maximum atomic E-state index is 10.9. The van der Waals surface area contributed by atoms with E-state index in [0.717, 1.165) is 37.0 Å². The Morgan fingerprint density at radius 1 is 1.32 bits per heavy atom. The molecule has 1 fully saturated rings. The van der Waals surface area contributed by atoms with E-state index in [4.69, 9.17) is 9.47 Å². The highest BCUT2D eigenvalue weighted by Crippen LogP contribution is 2.46. The van der Waals surface area contributed by atoms with Crippen molar-refractivity contribution in [2.45, 2.75) is 38.2 Å². The summed E-state index contributed by atoms with van der Waals surface area (Å²) >= 11 is 0. The first-order chi connectivity index (χ1) is 9.19. The number of rotatable bonds is 6. The van der Waals surface area contributed by atoms with Crippen molar-refractivity contribution < 1.29 is 14.6 Å². The minimum Gasteiger partial charge on any atom is -0.491 e. The number of aliphatic hydroxyl groups is 1. The van der Waals surface area contributed by atoms with Crippen LogP contribution in [0.2, 0.25) is 0 Å². The van der Waals surface area contributed by atoms with Crippen LogP contribution in [0.5, 0.6) is 5.75 Å². The SMILES string of the molecule is CCC1CCC(O)(c2ccccc2OCCOC)C1. The number of para-hydroxylation sites is 1. The lowest BCUT2D eigenvalue weighted by molar-refractivity contribution is 0.0358. The van der Waals surface area contributed by atoms with Crippen molar-refractivity contribution in [1.29, 1.82) is 0 Å². The van der Waals surface area contributed by atoms with Crippen LogP contribution in [0.15, 0.2) is 24.3 Å². The van der Waals surface area contributed by atoms with Gasteiger partial charge in [0.25, 0.3) is 0 Å². The smallest absolute Gasteiger partial charge is 0.125 e. The summed E-state index contributed by atoms with van der Waals surface area (Å²) < 4.78 is 10.7. The molecule has 0 amide bonds. The molecule has 0 saturated heterocycles. The quantitative estimate of drug-likeness (QED) is 0.802. The molecule has 0 heterocycles. The van der Waals surface area contributed by atoms with Crippen molar-refractivity contribution in [1.82, 2.24) is 0 Å². The van der Waals surface area contributed by atoms with Crippen molar-refractivity contribution in [2.75, 3.05) is 20.3 Å². The molecular weight excluding hydrogens is 240 g/mol. The van der Waals surface area contributed by atoms with Crippen LogP contribution in [0.25, 0.3) is 0 Å². The highest BCUT2D eigenvalue weighted by molar-refractivity contribution is 5.38. The van der Waals surface area contributed by atoms with Gasteiger partial charge in [0.05, 0.1) is 12.2 Å². The second-order valence-corrected chi connectivity index (χ2v) is 5.39. The molecule has 1 aliphatic carbocycles. The summed E-state index contributed by atoms with van der Waals surface area (Å²) in [6.45, 7) is 3.27. The lowest BCUT2D eigenvalue weighted by Crippen LogP contribution is -2.23. The molecular formula is C16H24O3. The lowest BCUT2D eigenvalue weighted by atomic mass is 9.90. The number of hydrogen-bond donors (Lipinski definition) is 1. The third-order valence-corrected chi connectivity index (χ3v) is 4.10. The molecule has 0 radical (unpaired) electrons. The normalized spacial score (nSPS) is 26.6. The van der Waals surface area contributed by atoms with E-state index in [9.17, 15) is 5.11 Å². The Morgan fingerprint density at radius 2 is 2.11 bits per heavy atom. The van der Waals surface area contributed by atoms with Crippen LogP contribution in [0.1, 0.15) is 38.2 Å². The van der Waals surface area contributed by atoms with Crippen LogP contribution >= 0.6 is 0 Å². The van der Waals surface area contributed by atoms with E-state index in [2.05, 4.69) is 6.92 Å². The van der Waals surface area contributed by atoms with Crippen LogP contribution in [0.4, 0.5) is 0 Å². The van der Waals surface area contributed by atoms with E-state index in [1.54, 1.807) is 7.11 Å². The fourth-order valence-corrected chi connectivity index (χ4v) is 2.93. The van der Waals surface area contributed by atoms with Crippen molar-refractivity contribution in [3.8, 4) is 5.75 Å². The highest BCUT2D eigenvalue weighted by atomic mass is 16.5. The molecule has 106 valence electrons. The fourth-order valence-electron chi connectivity index (χ4n) is 2.93. The Bertz CT molecular complexity index is 405. The molecule has 1 saturated carbocycles. The van der Waals surface area contributed by atoms with Gasteiger partial charge in [-0.25, -0.2) is 0 Å². The van der Waals surface area contributed by atoms with Gasteiger partial charge in [0.2, 0.25) is 0 Å². The molecule has 1 aromatic rings. The van der Waals surface area contributed by atoms with Crippen LogP contribution in [-0.2, 0) is 10.3 Å². The summed E-state index contributed by atoms with van der Waals surface area (Å²) in [4.78, 5) is 0. The van der Waals surface area contributed by atoms with Crippen LogP contribution in [-0.4, -0.2) is 25.4 Å². The molecule has 0 spiro atoms. The van der Waals surface area contributed by atoms with E-state index in [-0.39, 0.29) is 0 Å². The zero-order valence-electron chi connectivity index (χ0n) is 11.9. The van der Waals surface area contributed by atoms with E-state index in [1.165, 1.54) is 0 Å². The number of benzene rings is 1. The van der Waals surface area contributed by atoms with Crippen molar-refractivity contribution in [3.63, 3.8) is 0 Å².